The molecule has 0 unspecified atom stereocenters. The first-order valence-corrected chi connectivity index (χ1v) is 17.1. The van der Waals surface area contributed by atoms with Gasteiger partial charge in [0.05, 0.1) is 12.4 Å². The summed E-state index contributed by atoms with van der Waals surface area (Å²) < 4.78 is 0. The summed E-state index contributed by atoms with van der Waals surface area (Å²) >= 11 is 0. The van der Waals surface area contributed by atoms with E-state index in [1.807, 2.05) is 6.20 Å². The average molecular weight is 636 g/mol. The Morgan fingerprint density at radius 3 is 1.84 bits per heavy atom. The van der Waals surface area contributed by atoms with Crippen molar-refractivity contribution in [2.75, 3.05) is 28.4 Å². The van der Waals surface area contributed by atoms with Crippen LogP contribution < -0.4 is 31.1 Å². The highest BCUT2D eigenvalue weighted by Gasteiger charge is 2.43. The van der Waals surface area contributed by atoms with E-state index in [4.69, 9.17) is 4.98 Å². The van der Waals surface area contributed by atoms with Crippen LogP contribution in [-0.4, -0.2) is 30.3 Å². The van der Waals surface area contributed by atoms with Crippen molar-refractivity contribution in [3.05, 3.63) is 152 Å². The van der Waals surface area contributed by atoms with Gasteiger partial charge < -0.3 is 19.6 Å². The van der Waals surface area contributed by atoms with Crippen molar-refractivity contribution < 1.29 is 0 Å². The standard InChI is InChI=1S/C43H38BN5/c1-43(2,3)31-22-23-45-37(27-31)30-18-20-38-35(26-30)44-36-28-34(47-25-24-46(4)29-47)19-21-39(36)49(33-14-9-6-10-15-33)41-17-11-16-40(42(41)44)48(38)32-12-7-5-8-13-32/h5-28H,29H2,1-4H3. The summed E-state index contributed by atoms with van der Waals surface area (Å²) in [5.74, 6) is 0. The second-order valence-corrected chi connectivity index (χ2v) is 14.3. The normalized spacial score (nSPS) is 14.6. The van der Waals surface area contributed by atoms with Crippen LogP contribution in [0, 0.1) is 0 Å². The SMILES string of the molecule is CN1C=CN(c2ccc3c(c2)B2c4cc(-c5cc(C(C)(C)C)ccn5)ccc4N(c4ccccc4)c4cccc(c42)N3c2ccccc2)C1. The number of pyridine rings is 1. The lowest BCUT2D eigenvalue weighted by molar-refractivity contribution is 0.496. The number of anilines is 7. The van der Waals surface area contributed by atoms with Gasteiger partial charge in [-0.15, -0.1) is 0 Å². The van der Waals surface area contributed by atoms with Gasteiger partial charge in [0.2, 0.25) is 0 Å². The van der Waals surface area contributed by atoms with Crippen molar-refractivity contribution in [1.82, 2.24) is 9.88 Å². The summed E-state index contributed by atoms with van der Waals surface area (Å²) in [7, 11) is 2.12. The van der Waals surface area contributed by atoms with Gasteiger partial charge in [-0.1, -0.05) is 75.4 Å². The Morgan fingerprint density at radius 1 is 0.592 bits per heavy atom. The smallest absolute Gasteiger partial charge is 0.252 e. The molecule has 0 spiro atoms. The first-order valence-electron chi connectivity index (χ1n) is 17.1. The Balaban J connectivity index is 1.33. The molecule has 3 aliphatic heterocycles. The van der Waals surface area contributed by atoms with Crippen molar-refractivity contribution in [3.8, 4) is 11.3 Å². The second-order valence-electron chi connectivity index (χ2n) is 14.3. The zero-order chi connectivity index (χ0) is 33.3. The van der Waals surface area contributed by atoms with E-state index >= 15 is 0 Å². The van der Waals surface area contributed by atoms with E-state index in [9.17, 15) is 0 Å². The molecule has 0 bridgehead atoms. The molecular weight excluding hydrogens is 597 g/mol. The quantitative estimate of drug-likeness (QED) is 0.181. The molecule has 0 aliphatic carbocycles. The first-order chi connectivity index (χ1) is 23.8. The van der Waals surface area contributed by atoms with E-state index < -0.39 is 0 Å². The van der Waals surface area contributed by atoms with Gasteiger partial charge in [0.15, 0.2) is 0 Å². The minimum Gasteiger partial charge on any atom is -0.361 e. The molecule has 4 heterocycles. The molecule has 0 fully saturated rings. The monoisotopic (exact) mass is 635 g/mol. The minimum atomic E-state index is 0.0196. The molecule has 49 heavy (non-hydrogen) atoms. The number of para-hydroxylation sites is 2. The zero-order valence-corrected chi connectivity index (χ0v) is 28.4. The fourth-order valence-corrected chi connectivity index (χ4v) is 7.73. The number of benzene rings is 5. The molecule has 3 aliphatic rings. The molecule has 0 N–H and O–H groups in total. The largest absolute Gasteiger partial charge is 0.361 e. The van der Waals surface area contributed by atoms with Crippen LogP contribution in [0.3, 0.4) is 0 Å². The summed E-state index contributed by atoms with van der Waals surface area (Å²) in [5, 5.41) is 0. The fourth-order valence-electron chi connectivity index (χ4n) is 7.73. The van der Waals surface area contributed by atoms with E-state index in [1.54, 1.807) is 0 Å². The zero-order valence-electron chi connectivity index (χ0n) is 28.4. The lowest BCUT2D eigenvalue weighted by Gasteiger charge is -2.44. The highest BCUT2D eigenvalue weighted by molar-refractivity contribution is 7.00. The third kappa shape index (κ3) is 4.81. The highest BCUT2D eigenvalue weighted by atomic mass is 15.3. The molecule has 5 aromatic carbocycles. The number of hydrogen-bond donors (Lipinski definition) is 0. The van der Waals surface area contributed by atoms with Crippen LogP contribution in [-0.2, 0) is 5.41 Å². The average Bonchev–Trinajstić information content (AvgIpc) is 3.57. The Bertz CT molecular complexity index is 2230. The van der Waals surface area contributed by atoms with E-state index in [0.717, 1.165) is 29.3 Å². The third-order valence-electron chi connectivity index (χ3n) is 10.1. The molecule has 0 amide bonds. The Kier molecular flexibility index (Phi) is 6.70. The van der Waals surface area contributed by atoms with E-state index in [2.05, 4.69) is 187 Å². The van der Waals surface area contributed by atoms with Crippen LogP contribution in [0.4, 0.5) is 39.8 Å². The number of aromatic nitrogens is 1. The van der Waals surface area contributed by atoms with Gasteiger partial charge in [0, 0.05) is 65.5 Å². The topological polar surface area (TPSA) is 25.9 Å². The summed E-state index contributed by atoms with van der Waals surface area (Å²) in [5.41, 5.74) is 15.6. The van der Waals surface area contributed by atoms with Crippen molar-refractivity contribution in [1.29, 1.82) is 0 Å². The predicted octanol–water partition coefficient (Wildman–Crippen LogP) is 8.31. The minimum absolute atomic E-state index is 0.0196. The van der Waals surface area contributed by atoms with Crippen LogP contribution in [0.15, 0.2) is 146 Å². The van der Waals surface area contributed by atoms with E-state index in [1.165, 1.54) is 50.4 Å². The molecule has 0 saturated carbocycles. The second kappa shape index (κ2) is 11.2. The van der Waals surface area contributed by atoms with Crippen LogP contribution >= 0.6 is 0 Å². The number of fused-ring (bicyclic) bond motifs is 4. The van der Waals surface area contributed by atoms with E-state index in [-0.39, 0.29) is 12.1 Å². The number of nitrogens with zero attached hydrogens (tertiary/aromatic N) is 5. The maximum absolute atomic E-state index is 4.90. The van der Waals surface area contributed by atoms with Gasteiger partial charge in [-0.2, -0.15) is 0 Å². The van der Waals surface area contributed by atoms with Gasteiger partial charge in [-0.25, -0.2) is 0 Å². The first kappa shape index (κ1) is 29.4. The van der Waals surface area contributed by atoms with Gasteiger partial charge in [-0.05, 0) is 106 Å². The summed E-state index contributed by atoms with van der Waals surface area (Å²) in [6, 6.07) is 46.7. The molecule has 0 radical (unpaired) electrons. The summed E-state index contributed by atoms with van der Waals surface area (Å²) in [6.07, 6.45) is 6.28. The van der Waals surface area contributed by atoms with Crippen molar-refractivity contribution in [2.24, 2.45) is 0 Å². The highest BCUT2D eigenvalue weighted by Crippen LogP contribution is 2.44. The van der Waals surface area contributed by atoms with Crippen LogP contribution in [0.25, 0.3) is 11.3 Å². The predicted molar refractivity (Wildman–Crippen MR) is 207 cm³/mol. The molecule has 5 nitrogen and oxygen atoms in total. The van der Waals surface area contributed by atoms with Gasteiger partial charge in [0.25, 0.3) is 6.71 Å². The maximum atomic E-state index is 4.90. The molecule has 0 saturated heterocycles. The Hall–Kier alpha value is -5.75. The molecule has 238 valence electrons. The van der Waals surface area contributed by atoms with E-state index in [0.29, 0.717) is 0 Å². The van der Waals surface area contributed by atoms with Crippen molar-refractivity contribution in [2.45, 2.75) is 26.2 Å². The maximum Gasteiger partial charge on any atom is 0.252 e. The Morgan fingerprint density at radius 2 is 1.22 bits per heavy atom. The van der Waals surface area contributed by atoms with Gasteiger partial charge >= 0.3 is 0 Å². The van der Waals surface area contributed by atoms with Gasteiger partial charge in [-0.3, -0.25) is 4.98 Å². The number of rotatable bonds is 4. The van der Waals surface area contributed by atoms with Crippen LogP contribution in [0.1, 0.15) is 26.3 Å². The molecule has 0 atom stereocenters. The third-order valence-corrected chi connectivity index (χ3v) is 10.1. The Labute approximate surface area is 289 Å². The fraction of sp³-hybridized carbons (Fsp3) is 0.140. The molecule has 6 aromatic rings. The molecular formula is C43H38BN5. The van der Waals surface area contributed by atoms with Crippen molar-refractivity contribution >= 4 is 62.9 Å². The lowest BCUT2D eigenvalue weighted by atomic mass is 9.33. The van der Waals surface area contributed by atoms with Crippen LogP contribution in [0.5, 0.6) is 0 Å². The van der Waals surface area contributed by atoms with Gasteiger partial charge in [0.1, 0.15) is 0 Å². The van der Waals surface area contributed by atoms with Crippen LogP contribution in [0.2, 0.25) is 0 Å². The lowest BCUT2D eigenvalue weighted by Crippen LogP contribution is -2.61. The summed E-state index contributed by atoms with van der Waals surface area (Å²) in [6.45, 7) is 7.63. The molecule has 9 rings (SSSR count). The summed E-state index contributed by atoms with van der Waals surface area (Å²) in [4.78, 5) is 14.3. The number of hydrogen-bond acceptors (Lipinski definition) is 5. The molecule has 1 aromatic heterocycles. The van der Waals surface area contributed by atoms with Crippen molar-refractivity contribution in [3.63, 3.8) is 0 Å². The molecule has 6 heteroatoms.